The summed E-state index contributed by atoms with van der Waals surface area (Å²) in [6.07, 6.45) is -0.600. The van der Waals surface area contributed by atoms with Gasteiger partial charge in [0.1, 0.15) is 17.9 Å². The minimum absolute atomic E-state index is 0.197. The van der Waals surface area contributed by atoms with E-state index in [9.17, 15) is 19.8 Å². The minimum Gasteiger partial charge on any atom is -0.505 e. The van der Waals surface area contributed by atoms with Crippen LogP contribution in [-0.2, 0) is 38.0 Å². The Morgan fingerprint density at radius 1 is 0.838 bits per heavy atom. The zero-order valence-electron chi connectivity index (χ0n) is 22.2. The number of ether oxygens (including phenoxy) is 6. The smallest absolute Gasteiger partial charge is 0.377 e. The molecule has 0 saturated carbocycles. The zero-order valence-corrected chi connectivity index (χ0v) is 22.2. The molecule has 4 rings (SSSR count). The maximum atomic E-state index is 11.4. The van der Waals surface area contributed by atoms with Crippen LogP contribution in [0.3, 0.4) is 0 Å². The molecule has 4 atom stereocenters. The zero-order chi connectivity index (χ0) is 28.0. The van der Waals surface area contributed by atoms with Crippen LogP contribution in [0.1, 0.15) is 54.4 Å². The van der Waals surface area contributed by atoms with Crippen LogP contribution in [0.2, 0.25) is 0 Å². The molecule has 0 bridgehead atoms. The van der Waals surface area contributed by atoms with Crippen molar-refractivity contribution >= 4 is 11.9 Å². The van der Waals surface area contributed by atoms with Gasteiger partial charge in [-0.05, 0) is 47.1 Å². The molecule has 0 radical (unpaired) electrons. The molecule has 2 fully saturated rings. The van der Waals surface area contributed by atoms with Gasteiger partial charge in [0.15, 0.2) is 29.5 Å². The van der Waals surface area contributed by atoms with E-state index in [-0.39, 0.29) is 12.4 Å². The van der Waals surface area contributed by atoms with Crippen LogP contribution in [0.25, 0.3) is 0 Å². The van der Waals surface area contributed by atoms with Crippen LogP contribution in [0.4, 0.5) is 0 Å². The summed E-state index contributed by atoms with van der Waals surface area (Å²) < 4.78 is 31.6. The van der Waals surface area contributed by atoms with Gasteiger partial charge in [0.05, 0.1) is 13.2 Å². The molecular weight excluding hydrogens is 492 g/mol. The molecule has 212 valence electrons. The third-order valence-corrected chi connectivity index (χ3v) is 5.50. The normalized spacial score (nSPS) is 29.8. The van der Waals surface area contributed by atoms with Gasteiger partial charge in [-0.3, -0.25) is 0 Å². The number of aliphatic hydroxyl groups excluding tert-OH is 3. The number of nitrogens with two attached hydrogens (primary N) is 1. The molecule has 13 heteroatoms. The number of carbonyl (C=O) groups is 2. The minimum atomic E-state index is -0.973. The van der Waals surface area contributed by atoms with E-state index in [1.807, 2.05) is 6.92 Å². The molecule has 4 heterocycles. The Morgan fingerprint density at radius 3 is 1.68 bits per heavy atom. The lowest BCUT2D eigenvalue weighted by Gasteiger charge is -2.22. The van der Waals surface area contributed by atoms with Crippen molar-refractivity contribution in [2.24, 2.45) is 5.73 Å². The number of hydrogen-bond donors (Lipinski definition) is 5. The highest BCUT2D eigenvalue weighted by molar-refractivity contribution is 5.89. The number of nitrogens with one attached hydrogen (secondary N) is 1. The highest BCUT2D eigenvalue weighted by Gasteiger charge is 2.47. The monoisotopic (exact) mass is 532 g/mol. The van der Waals surface area contributed by atoms with Crippen LogP contribution in [-0.4, -0.2) is 89.6 Å². The first-order valence-electron chi connectivity index (χ1n) is 12.3. The van der Waals surface area contributed by atoms with Crippen molar-refractivity contribution < 1.29 is 53.3 Å². The van der Waals surface area contributed by atoms with Crippen molar-refractivity contribution in [2.45, 2.75) is 90.4 Å². The third-order valence-electron chi connectivity index (χ3n) is 5.50. The van der Waals surface area contributed by atoms with Crippen LogP contribution in [0.15, 0.2) is 23.0 Å². The lowest BCUT2D eigenvalue weighted by Crippen LogP contribution is -2.37. The quantitative estimate of drug-likeness (QED) is 0.310. The fraction of sp³-hybridized carbons (Fsp3) is 0.750. The number of esters is 2. The predicted octanol–water partition coefficient (Wildman–Crippen LogP) is 1.58. The number of rotatable bonds is 6. The van der Waals surface area contributed by atoms with Crippen molar-refractivity contribution in [3.63, 3.8) is 0 Å². The lowest BCUT2D eigenvalue weighted by molar-refractivity contribution is -0.163. The maximum Gasteiger partial charge on any atom is 0.377 e. The second kappa shape index (κ2) is 12.8. The first-order valence-corrected chi connectivity index (χ1v) is 12.3. The van der Waals surface area contributed by atoms with Crippen molar-refractivity contribution in [1.82, 2.24) is 5.32 Å². The molecular formula is C24H40N2O11. The van der Waals surface area contributed by atoms with Gasteiger partial charge in [-0.25, -0.2) is 9.59 Å². The molecule has 0 unspecified atom stereocenters. The fourth-order valence-corrected chi connectivity index (χ4v) is 3.63. The summed E-state index contributed by atoms with van der Waals surface area (Å²) in [5, 5.41) is 31.2. The standard InChI is InChI=1S/C12H19NO5.C9H12O6.C3H9N/c1-4-5-13-8-9(14)11(15)17-10(8)7-6-16-12(2,3)18-7;1-9(2)13-3-4(15-9)7-5(10)6(11)8(12)14-7;1-2-3-4/h7,10,13-14H,4-6H2,1-3H3;4,7,10-11H,3H2,1-2H3;2-4H2,1H3/t7-,10+;4-,7+;/m00./s1. The Labute approximate surface area is 216 Å². The molecule has 4 aliphatic heterocycles. The Hall–Kier alpha value is -2.58. The molecule has 0 aliphatic carbocycles. The first kappa shape index (κ1) is 30.6. The van der Waals surface area contributed by atoms with E-state index in [2.05, 4.69) is 12.2 Å². The van der Waals surface area contributed by atoms with E-state index < -0.39 is 59.4 Å². The summed E-state index contributed by atoms with van der Waals surface area (Å²) in [4.78, 5) is 22.3. The van der Waals surface area contributed by atoms with E-state index in [0.717, 1.165) is 19.4 Å². The largest absolute Gasteiger partial charge is 0.505 e. The summed E-state index contributed by atoms with van der Waals surface area (Å²) in [5.41, 5.74) is 5.42. The highest BCUT2D eigenvalue weighted by atomic mass is 16.8. The Morgan fingerprint density at radius 2 is 1.30 bits per heavy atom. The molecule has 0 aromatic heterocycles. The average molecular weight is 533 g/mol. The van der Waals surface area contributed by atoms with E-state index in [1.165, 1.54) is 0 Å². The summed E-state index contributed by atoms with van der Waals surface area (Å²) in [7, 11) is 0. The molecule has 0 aromatic carbocycles. The van der Waals surface area contributed by atoms with E-state index >= 15 is 0 Å². The van der Waals surface area contributed by atoms with Crippen molar-refractivity contribution in [2.75, 3.05) is 26.3 Å². The number of carbonyl (C=O) groups excluding carboxylic acids is 2. The molecule has 2 saturated heterocycles. The van der Waals surface area contributed by atoms with Gasteiger partial charge < -0.3 is 54.8 Å². The molecule has 6 N–H and O–H groups in total. The number of aliphatic hydroxyl groups is 3. The number of cyclic esters (lactones) is 2. The number of hydrogen-bond acceptors (Lipinski definition) is 13. The summed E-state index contributed by atoms with van der Waals surface area (Å²) in [6, 6.07) is 0. The molecule has 0 spiro atoms. The van der Waals surface area contributed by atoms with Crippen molar-refractivity contribution in [3.8, 4) is 0 Å². The SMILES string of the molecule is CC1(C)OC[C@@H]([C@H]2OC(=O)C(O)=C2O)O1.CCCN.CCCNC1=C(O)C(=O)O[C@@H]1[C@@H]1COC(C)(C)O1. The fourth-order valence-electron chi connectivity index (χ4n) is 3.63. The highest BCUT2D eigenvalue weighted by Crippen LogP contribution is 2.32. The maximum absolute atomic E-state index is 11.4. The van der Waals surface area contributed by atoms with Crippen LogP contribution >= 0.6 is 0 Å². The van der Waals surface area contributed by atoms with E-state index in [1.54, 1.807) is 27.7 Å². The Balaban J connectivity index is 0.000000230. The van der Waals surface area contributed by atoms with Gasteiger partial charge in [-0.1, -0.05) is 13.8 Å². The Bertz CT molecular complexity index is 882. The van der Waals surface area contributed by atoms with Crippen molar-refractivity contribution in [3.05, 3.63) is 23.0 Å². The van der Waals surface area contributed by atoms with Gasteiger partial charge in [0, 0.05) is 6.54 Å². The summed E-state index contributed by atoms with van der Waals surface area (Å²) in [5.74, 6) is -4.72. The van der Waals surface area contributed by atoms with Crippen molar-refractivity contribution in [1.29, 1.82) is 0 Å². The van der Waals surface area contributed by atoms with Gasteiger partial charge in [-0.2, -0.15) is 0 Å². The Kier molecular flexibility index (Phi) is 10.6. The average Bonchev–Trinajstić information content (AvgIpc) is 3.55. The molecule has 0 amide bonds. The predicted molar refractivity (Wildman–Crippen MR) is 129 cm³/mol. The molecule has 0 aromatic rings. The second-order valence-corrected chi connectivity index (χ2v) is 9.60. The van der Waals surface area contributed by atoms with Gasteiger partial charge in [-0.15, -0.1) is 0 Å². The summed E-state index contributed by atoms with van der Waals surface area (Å²) >= 11 is 0. The van der Waals surface area contributed by atoms with Gasteiger partial charge in [0.25, 0.3) is 0 Å². The van der Waals surface area contributed by atoms with Crippen LogP contribution in [0, 0.1) is 0 Å². The lowest BCUT2D eigenvalue weighted by atomic mass is 10.1. The topological polar surface area (TPSA) is 188 Å². The van der Waals surface area contributed by atoms with Gasteiger partial charge in [0.2, 0.25) is 11.5 Å². The van der Waals surface area contributed by atoms with E-state index in [4.69, 9.17) is 39.3 Å². The molecule has 13 nitrogen and oxygen atoms in total. The molecule has 4 aliphatic rings. The molecule has 37 heavy (non-hydrogen) atoms. The van der Waals surface area contributed by atoms with Crippen LogP contribution < -0.4 is 11.1 Å². The van der Waals surface area contributed by atoms with Gasteiger partial charge >= 0.3 is 11.9 Å². The second-order valence-electron chi connectivity index (χ2n) is 9.60. The third kappa shape index (κ3) is 7.95. The summed E-state index contributed by atoms with van der Waals surface area (Å²) in [6.45, 7) is 13.1. The first-order chi connectivity index (χ1) is 17.3. The van der Waals surface area contributed by atoms with Crippen LogP contribution in [0.5, 0.6) is 0 Å². The van der Waals surface area contributed by atoms with E-state index in [0.29, 0.717) is 18.8 Å².